The maximum atomic E-state index is 13.6. The van der Waals surface area contributed by atoms with E-state index >= 15 is 0 Å². The zero-order chi connectivity index (χ0) is 18.8. The summed E-state index contributed by atoms with van der Waals surface area (Å²) in [5.74, 6) is -0.822. The zero-order valence-corrected chi connectivity index (χ0v) is 15.7. The summed E-state index contributed by atoms with van der Waals surface area (Å²) in [5.41, 5.74) is 1.74. The Morgan fingerprint density at radius 3 is 2.96 bits per heavy atom. The number of halogens is 2. The van der Waals surface area contributed by atoms with E-state index in [0.717, 1.165) is 0 Å². The fraction of sp³-hybridized carbons (Fsp3) is 0.333. The van der Waals surface area contributed by atoms with Gasteiger partial charge in [-0.15, -0.1) is 0 Å². The summed E-state index contributed by atoms with van der Waals surface area (Å²) < 4.78 is 16.0. The fourth-order valence-electron chi connectivity index (χ4n) is 3.04. The number of fused-ring (bicyclic) bond motifs is 1. The van der Waals surface area contributed by atoms with Gasteiger partial charge < -0.3 is 20.3 Å². The maximum absolute atomic E-state index is 13.6. The number of aliphatic hydroxyl groups excluding tert-OH is 1. The summed E-state index contributed by atoms with van der Waals surface area (Å²) in [6.07, 6.45) is 0.146. The summed E-state index contributed by atoms with van der Waals surface area (Å²) in [5, 5.41) is 14.5. The molecule has 2 aromatic rings. The molecule has 6 nitrogen and oxygen atoms in total. The molecule has 0 spiro atoms. The van der Waals surface area contributed by atoms with Gasteiger partial charge in [0.05, 0.1) is 17.3 Å². The molecule has 2 atom stereocenters. The molecule has 0 fully saturated rings. The van der Waals surface area contributed by atoms with Crippen molar-refractivity contribution >= 4 is 27.7 Å². The molecule has 2 amide bonds. The van der Waals surface area contributed by atoms with E-state index in [1.54, 1.807) is 29.7 Å². The molecule has 3 rings (SSSR count). The topological polar surface area (TPSA) is 83.4 Å². The molecular weight excluding hydrogens is 405 g/mol. The number of nitrogens with one attached hydrogen (secondary N) is 2. The van der Waals surface area contributed by atoms with E-state index in [1.165, 1.54) is 12.1 Å². The number of amides is 2. The Bertz CT molecular complexity index is 852. The number of aromatic nitrogens is 1. The average Bonchev–Trinajstić information content (AvgIpc) is 2.96. The van der Waals surface area contributed by atoms with Crippen LogP contribution in [0.3, 0.4) is 0 Å². The van der Waals surface area contributed by atoms with Crippen LogP contribution in [-0.4, -0.2) is 40.7 Å². The van der Waals surface area contributed by atoms with Crippen molar-refractivity contribution in [2.75, 3.05) is 13.2 Å². The third-order valence-corrected chi connectivity index (χ3v) is 5.12. The number of carbonyl (C=O) groups excluding carboxylic acids is 2. The van der Waals surface area contributed by atoms with E-state index in [2.05, 4.69) is 26.6 Å². The smallest absolute Gasteiger partial charge is 0.268 e. The van der Waals surface area contributed by atoms with Gasteiger partial charge in [-0.1, -0.05) is 12.1 Å². The molecule has 3 N–H and O–H groups in total. The van der Waals surface area contributed by atoms with Crippen LogP contribution in [0, 0.1) is 5.82 Å². The lowest BCUT2D eigenvalue weighted by Crippen LogP contribution is -2.42. The molecule has 1 aromatic heterocycles. The second-order valence-corrected chi connectivity index (χ2v) is 7.08. The normalized spacial score (nSPS) is 17.4. The van der Waals surface area contributed by atoms with Gasteiger partial charge in [0.2, 0.25) is 5.91 Å². The van der Waals surface area contributed by atoms with Gasteiger partial charge >= 0.3 is 0 Å². The molecule has 0 unspecified atom stereocenters. The average molecular weight is 424 g/mol. The lowest BCUT2D eigenvalue weighted by molar-refractivity contribution is -0.122. The minimum absolute atomic E-state index is 0.144. The Morgan fingerprint density at radius 2 is 2.27 bits per heavy atom. The fourth-order valence-corrected chi connectivity index (χ4v) is 3.86. The first-order valence-electron chi connectivity index (χ1n) is 8.25. The monoisotopic (exact) mass is 423 g/mol. The van der Waals surface area contributed by atoms with Crippen molar-refractivity contribution in [1.82, 2.24) is 15.2 Å². The van der Waals surface area contributed by atoms with Crippen molar-refractivity contribution in [2.24, 2.45) is 0 Å². The molecule has 26 heavy (non-hydrogen) atoms. The van der Waals surface area contributed by atoms with Gasteiger partial charge in [-0.2, -0.15) is 0 Å². The van der Waals surface area contributed by atoms with Crippen molar-refractivity contribution < 1.29 is 19.1 Å². The molecule has 0 saturated heterocycles. The van der Waals surface area contributed by atoms with Gasteiger partial charge in [-0.3, -0.25) is 9.59 Å². The van der Waals surface area contributed by atoms with E-state index < -0.39 is 0 Å². The minimum atomic E-state index is -0.364. The van der Waals surface area contributed by atoms with Crippen molar-refractivity contribution in [3.8, 4) is 11.1 Å². The SMILES string of the molecule is C[C@@H](CO)NC(=O)C[C@@H]1CNC(=O)c2cc(-c3cccc(F)c3)c(Br)n21. The van der Waals surface area contributed by atoms with E-state index in [4.69, 9.17) is 5.11 Å². The molecule has 1 aliphatic heterocycles. The Kier molecular flexibility index (Phi) is 5.43. The van der Waals surface area contributed by atoms with Crippen LogP contribution >= 0.6 is 15.9 Å². The zero-order valence-electron chi connectivity index (χ0n) is 14.1. The molecule has 2 heterocycles. The highest BCUT2D eigenvalue weighted by Crippen LogP contribution is 2.36. The first kappa shape index (κ1) is 18.6. The van der Waals surface area contributed by atoms with E-state index in [-0.39, 0.29) is 42.7 Å². The van der Waals surface area contributed by atoms with Crippen LogP contribution in [-0.2, 0) is 4.79 Å². The van der Waals surface area contributed by atoms with Crippen LogP contribution in [0.2, 0.25) is 0 Å². The molecule has 8 heteroatoms. The van der Waals surface area contributed by atoms with Crippen LogP contribution in [0.5, 0.6) is 0 Å². The lowest BCUT2D eigenvalue weighted by atomic mass is 10.1. The van der Waals surface area contributed by atoms with Crippen molar-refractivity contribution in [3.63, 3.8) is 0 Å². The standard InChI is InChI=1S/C18H19BrFN3O3/c1-10(9-24)22-16(25)6-13-8-21-18(26)15-7-14(17(19)23(13)15)11-3-2-4-12(20)5-11/h2-5,7,10,13,24H,6,8-9H2,1H3,(H,21,26)(H,22,25)/t10-,13+/m0/s1. The molecule has 1 aliphatic rings. The first-order valence-corrected chi connectivity index (χ1v) is 9.05. The van der Waals surface area contributed by atoms with E-state index in [1.807, 2.05) is 0 Å². The van der Waals surface area contributed by atoms with Crippen molar-refractivity contribution in [1.29, 1.82) is 0 Å². The lowest BCUT2D eigenvalue weighted by Gasteiger charge is -2.27. The molecule has 0 radical (unpaired) electrons. The predicted octanol–water partition coefficient (Wildman–Crippen LogP) is 2.23. The highest BCUT2D eigenvalue weighted by atomic mass is 79.9. The number of nitrogens with zero attached hydrogens (tertiary/aromatic N) is 1. The third kappa shape index (κ3) is 3.66. The van der Waals surface area contributed by atoms with Crippen LogP contribution in [0.15, 0.2) is 34.9 Å². The van der Waals surface area contributed by atoms with Gasteiger partial charge in [0, 0.05) is 24.6 Å². The third-order valence-electron chi connectivity index (χ3n) is 4.31. The summed E-state index contributed by atoms with van der Waals surface area (Å²) in [6, 6.07) is 7.19. The molecular formula is C18H19BrFN3O3. The quantitative estimate of drug-likeness (QED) is 0.689. The Labute approximate surface area is 158 Å². The highest BCUT2D eigenvalue weighted by molar-refractivity contribution is 9.10. The Hall–Kier alpha value is -2.19. The van der Waals surface area contributed by atoms with Crippen LogP contribution in [0.1, 0.15) is 29.9 Å². The molecule has 0 saturated carbocycles. The summed E-state index contributed by atoms with van der Waals surface area (Å²) in [7, 11) is 0. The number of carbonyl (C=O) groups is 2. The van der Waals surface area contributed by atoms with E-state index in [9.17, 15) is 14.0 Å². The van der Waals surface area contributed by atoms with Gasteiger partial charge in [0.1, 0.15) is 11.5 Å². The second kappa shape index (κ2) is 7.59. The first-order chi connectivity index (χ1) is 12.4. The number of hydrogen-bond donors (Lipinski definition) is 3. The van der Waals surface area contributed by atoms with Gasteiger partial charge in [0.15, 0.2) is 0 Å². The Balaban J connectivity index is 1.94. The van der Waals surface area contributed by atoms with Gasteiger partial charge in [0.25, 0.3) is 5.91 Å². The second-order valence-electron chi connectivity index (χ2n) is 6.33. The van der Waals surface area contributed by atoms with Crippen LogP contribution in [0.4, 0.5) is 4.39 Å². The van der Waals surface area contributed by atoms with Gasteiger partial charge in [-0.25, -0.2) is 4.39 Å². The summed E-state index contributed by atoms with van der Waals surface area (Å²) in [6.45, 7) is 1.87. The Morgan fingerprint density at radius 1 is 1.50 bits per heavy atom. The molecule has 138 valence electrons. The number of rotatable bonds is 5. The largest absolute Gasteiger partial charge is 0.394 e. The maximum Gasteiger partial charge on any atom is 0.268 e. The van der Waals surface area contributed by atoms with Crippen LogP contribution in [0.25, 0.3) is 11.1 Å². The number of hydrogen-bond acceptors (Lipinski definition) is 3. The predicted molar refractivity (Wildman–Crippen MR) is 98.2 cm³/mol. The highest BCUT2D eigenvalue weighted by Gasteiger charge is 2.30. The number of benzene rings is 1. The summed E-state index contributed by atoms with van der Waals surface area (Å²) >= 11 is 3.51. The summed E-state index contributed by atoms with van der Waals surface area (Å²) in [4.78, 5) is 24.4. The van der Waals surface area contributed by atoms with E-state index in [0.29, 0.717) is 28.0 Å². The molecule has 1 aromatic carbocycles. The van der Waals surface area contributed by atoms with Crippen molar-refractivity contribution in [3.05, 3.63) is 46.4 Å². The number of aliphatic hydroxyl groups is 1. The van der Waals surface area contributed by atoms with Crippen molar-refractivity contribution in [2.45, 2.75) is 25.4 Å². The molecule has 0 bridgehead atoms. The van der Waals surface area contributed by atoms with Crippen LogP contribution < -0.4 is 10.6 Å². The van der Waals surface area contributed by atoms with Gasteiger partial charge in [-0.05, 0) is 46.6 Å². The molecule has 0 aliphatic carbocycles. The minimum Gasteiger partial charge on any atom is -0.394 e.